The average molecular weight is 289 g/mol. The summed E-state index contributed by atoms with van der Waals surface area (Å²) in [6, 6.07) is 8.53. The highest BCUT2D eigenvalue weighted by Crippen LogP contribution is 2.22. The van der Waals surface area contributed by atoms with Crippen LogP contribution in [0.15, 0.2) is 29.6 Å². The van der Waals surface area contributed by atoms with Crippen LogP contribution in [-0.4, -0.2) is 18.1 Å². The molecule has 0 aliphatic heterocycles. The average Bonchev–Trinajstić information content (AvgIpc) is 2.91. The minimum atomic E-state index is 0.873. The fourth-order valence-electron chi connectivity index (χ4n) is 2.22. The Morgan fingerprint density at radius 2 is 2.05 bits per heavy atom. The van der Waals surface area contributed by atoms with Crippen molar-refractivity contribution in [1.82, 2.24) is 10.3 Å². The molecule has 1 aromatic carbocycles. The number of anilines is 1. The van der Waals surface area contributed by atoms with Crippen LogP contribution in [0.4, 0.5) is 5.69 Å². The van der Waals surface area contributed by atoms with E-state index in [2.05, 4.69) is 60.6 Å². The third-order valence-corrected chi connectivity index (χ3v) is 4.21. The number of aryl methyl sites for hydroxylation is 1. The molecule has 1 heterocycles. The second kappa shape index (κ2) is 7.41. The third-order valence-electron chi connectivity index (χ3n) is 3.32. The summed E-state index contributed by atoms with van der Waals surface area (Å²) < 4.78 is 0. The van der Waals surface area contributed by atoms with E-state index < -0.39 is 0 Å². The van der Waals surface area contributed by atoms with Gasteiger partial charge in [0.15, 0.2) is 0 Å². The van der Waals surface area contributed by atoms with Gasteiger partial charge in [-0.05, 0) is 32.0 Å². The molecule has 0 amide bonds. The SMILES string of the molecule is CCNCc1nc(CN(CC)c2ccccc2C)cs1. The lowest BCUT2D eigenvalue weighted by atomic mass is 10.2. The minimum absolute atomic E-state index is 0.873. The van der Waals surface area contributed by atoms with E-state index in [4.69, 9.17) is 4.98 Å². The molecule has 0 atom stereocenters. The first-order valence-electron chi connectivity index (χ1n) is 7.19. The number of hydrogen-bond donors (Lipinski definition) is 1. The zero-order valence-electron chi connectivity index (χ0n) is 12.5. The van der Waals surface area contributed by atoms with Gasteiger partial charge in [0.2, 0.25) is 0 Å². The van der Waals surface area contributed by atoms with Gasteiger partial charge in [0.25, 0.3) is 0 Å². The van der Waals surface area contributed by atoms with Crippen molar-refractivity contribution in [3.63, 3.8) is 0 Å². The van der Waals surface area contributed by atoms with Crippen molar-refractivity contribution < 1.29 is 0 Å². The largest absolute Gasteiger partial charge is 0.366 e. The van der Waals surface area contributed by atoms with Gasteiger partial charge in [-0.25, -0.2) is 4.98 Å². The van der Waals surface area contributed by atoms with E-state index in [9.17, 15) is 0 Å². The fourth-order valence-corrected chi connectivity index (χ4v) is 2.97. The van der Waals surface area contributed by atoms with E-state index in [1.807, 2.05) is 0 Å². The van der Waals surface area contributed by atoms with E-state index in [0.29, 0.717) is 0 Å². The molecule has 20 heavy (non-hydrogen) atoms. The lowest BCUT2D eigenvalue weighted by Gasteiger charge is -2.24. The highest BCUT2D eigenvalue weighted by molar-refractivity contribution is 7.09. The molecule has 0 radical (unpaired) electrons. The molecule has 2 aromatic rings. The van der Waals surface area contributed by atoms with Crippen LogP contribution in [0, 0.1) is 6.92 Å². The lowest BCUT2D eigenvalue weighted by Crippen LogP contribution is -2.23. The maximum Gasteiger partial charge on any atom is 0.107 e. The van der Waals surface area contributed by atoms with Gasteiger partial charge >= 0.3 is 0 Å². The first kappa shape index (κ1) is 15.0. The van der Waals surface area contributed by atoms with Gasteiger partial charge in [-0.15, -0.1) is 11.3 Å². The number of thiazole rings is 1. The van der Waals surface area contributed by atoms with E-state index >= 15 is 0 Å². The van der Waals surface area contributed by atoms with Gasteiger partial charge in [-0.1, -0.05) is 25.1 Å². The van der Waals surface area contributed by atoms with Crippen molar-refractivity contribution in [3.8, 4) is 0 Å². The summed E-state index contributed by atoms with van der Waals surface area (Å²) in [6.07, 6.45) is 0. The number of nitrogens with one attached hydrogen (secondary N) is 1. The number of rotatable bonds is 7. The zero-order valence-corrected chi connectivity index (χ0v) is 13.3. The molecule has 108 valence electrons. The van der Waals surface area contributed by atoms with Crippen molar-refractivity contribution in [1.29, 1.82) is 0 Å². The molecular weight excluding hydrogens is 266 g/mol. The van der Waals surface area contributed by atoms with Crippen LogP contribution in [0.2, 0.25) is 0 Å². The zero-order chi connectivity index (χ0) is 14.4. The molecule has 0 fully saturated rings. The van der Waals surface area contributed by atoms with Gasteiger partial charge in [0.1, 0.15) is 5.01 Å². The van der Waals surface area contributed by atoms with Crippen LogP contribution in [-0.2, 0) is 13.1 Å². The van der Waals surface area contributed by atoms with Gasteiger partial charge < -0.3 is 10.2 Å². The van der Waals surface area contributed by atoms with Crippen LogP contribution in [0.25, 0.3) is 0 Å². The fraction of sp³-hybridized carbons (Fsp3) is 0.438. The molecular formula is C16H23N3S. The molecule has 4 heteroatoms. The Morgan fingerprint density at radius 3 is 2.75 bits per heavy atom. The van der Waals surface area contributed by atoms with E-state index in [1.165, 1.54) is 16.3 Å². The molecule has 0 spiro atoms. The Hall–Kier alpha value is -1.39. The summed E-state index contributed by atoms with van der Waals surface area (Å²) in [6.45, 7) is 10.2. The Labute approximate surface area is 125 Å². The second-order valence-electron chi connectivity index (χ2n) is 4.81. The predicted molar refractivity (Wildman–Crippen MR) is 87.4 cm³/mol. The summed E-state index contributed by atoms with van der Waals surface area (Å²) in [4.78, 5) is 7.08. The van der Waals surface area contributed by atoms with Crippen LogP contribution in [0.1, 0.15) is 30.1 Å². The standard InChI is InChI=1S/C16H23N3S/c1-4-17-10-16-18-14(12-20-16)11-19(5-2)15-9-7-6-8-13(15)3/h6-9,12,17H,4-5,10-11H2,1-3H3. The number of hydrogen-bond acceptors (Lipinski definition) is 4. The molecule has 3 nitrogen and oxygen atoms in total. The summed E-state index contributed by atoms with van der Waals surface area (Å²) >= 11 is 1.74. The highest BCUT2D eigenvalue weighted by atomic mass is 32.1. The quantitative estimate of drug-likeness (QED) is 0.844. The monoisotopic (exact) mass is 289 g/mol. The molecule has 0 bridgehead atoms. The number of aromatic nitrogens is 1. The first-order valence-corrected chi connectivity index (χ1v) is 8.07. The third kappa shape index (κ3) is 3.81. The second-order valence-corrected chi connectivity index (χ2v) is 5.76. The van der Waals surface area contributed by atoms with Crippen LogP contribution in [0.5, 0.6) is 0 Å². The van der Waals surface area contributed by atoms with Crippen molar-refractivity contribution in [2.75, 3.05) is 18.0 Å². The van der Waals surface area contributed by atoms with Crippen LogP contribution < -0.4 is 10.2 Å². The van der Waals surface area contributed by atoms with Crippen molar-refractivity contribution >= 4 is 17.0 Å². The maximum atomic E-state index is 4.71. The van der Waals surface area contributed by atoms with E-state index in [-0.39, 0.29) is 0 Å². The van der Waals surface area contributed by atoms with Gasteiger partial charge in [0.05, 0.1) is 12.2 Å². The smallest absolute Gasteiger partial charge is 0.107 e. The maximum absolute atomic E-state index is 4.71. The first-order chi connectivity index (χ1) is 9.74. The number of benzene rings is 1. The Morgan fingerprint density at radius 1 is 1.25 bits per heavy atom. The summed E-state index contributed by atoms with van der Waals surface area (Å²) in [5, 5.41) is 6.66. The number of nitrogens with zero attached hydrogens (tertiary/aromatic N) is 2. The summed E-state index contributed by atoms with van der Waals surface area (Å²) in [7, 11) is 0. The van der Waals surface area contributed by atoms with Crippen molar-refractivity contribution in [2.24, 2.45) is 0 Å². The van der Waals surface area contributed by atoms with Crippen molar-refractivity contribution in [2.45, 2.75) is 33.9 Å². The molecule has 0 saturated heterocycles. The van der Waals surface area contributed by atoms with Crippen LogP contribution in [0.3, 0.4) is 0 Å². The van der Waals surface area contributed by atoms with Crippen LogP contribution >= 0.6 is 11.3 Å². The normalized spacial score (nSPS) is 10.8. The highest BCUT2D eigenvalue weighted by Gasteiger charge is 2.10. The lowest BCUT2D eigenvalue weighted by molar-refractivity contribution is 0.716. The topological polar surface area (TPSA) is 28.2 Å². The predicted octanol–water partition coefficient (Wildman–Crippen LogP) is 3.59. The van der Waals surface area contributed by atoms with E-state index in [1.54, 1.807) is 11.3 Å². The molecule has 0 aliphatic carbocycles. The number of para-hydroxylation sites is 1. The van der Waals surface area contributed by atoms with Gasteiger partial charge in [-0.2, -0.15) is 0 Å². The van der Waals surface area contributed by atoms with Gasteiger partial charge in [-0.3, -0.25) is 0 Å². The summed E-state index contributed by atoms with van der Waals surface area (Å²) in [5.41, 5.74) is 3.78. The van der Waals surface area contributed by atoms with E-state index in [0.717, 1.165) is 31.9 Å². The minimum Gasteiger partial charge on any atom is -0.366 e. The van der Waals surface area contributed by atoms with Gasteiger partial charge in [0, 0.05) is 24.2 Å². The Bertz CT molecular complexity index is 536. The Balaban J connectivity index is 2.07. The molecule has 1 aromatic heterocycles. The molecule has 1 N–H and O–H groups in total. The molecule has 2 rings (SSSR count). The van der Waals surface area contributed by atoms with Crippen molar-refractivity contribution in [3.05, 3.63) is 45.9 Å². The summed E-state index contributed by atoms with van der Waals surface area (Å²) in [5.74, 6) is 0. The molecule has 0 unspecified atom stereocenters. The molecule has 0 aliphatic rings. The molecule has 0 saturated carbocycles. The Kier molecular flexibility index (Phi) is 5.56.